The number of hydrogen-bond donors (Lipinski definition) is 3. The van der Waals surface area contributed by atoms with Gasteiger partial charge in [-0.05, 0) is 18.5 Å². The highest BCUT2D eigenvalue weighted by molar-refractivity contribution is 7.99. The monoisotopic (exact) mass is 424 g/mol. The first-order valence-corrected chi connectivity index (χ1v) is 10.3. The summed E-state index contributed by atoms with van der Waals surface area (Å²) < 4.78 is 0. The summed E-state index contributed by atoms with van der Waals surface area (Å²) in [5.41, 5.74) is 7.15. The minimum absolute atomic E-state index is 0. The van der Waals surface area contributed by atoms with Gasteiger partial charge in [-0.2, -0.15) is 0 Å². The van der Waals surface area contributed by atoms with Crippen LogP contribution in [0.1, 0.15) is 12.2 Å². The summed E-state index contributed by atoms with van der Waals surface area (Å²) in [4.78, 5) is 32.3. The number of halogens is 1. The molecule has 9 heteroatoms. The van der Waals surface area contributed by atoms with E-state index < -0.39 is 0 Å². The van der Waals surface area contributed by atoms with Crippen LogP contribution < -0.4 is 16.6 Å². The average molecular weight is 425 g/mol. The number of aromatic amines is 1. The number of nitrogens with two attached hydrogens (primary N) is 1. The van der Waals surface area contributed by atoms with E-state index in [0.29, 0.717) is 35.8 Å². The smallest absolute Gasteiger partial charge is 0.260 e. The van der Waals surface area contributed by atoms with Gasteiger partial charge in [0.05, 0.1) is 16.9 Å². The molecule has 0 spiro atoms. The lowest BCUT2D eigenvalue weighted by molar-refractivity contribution is -0.118. The van der Waals surface area contributed by atoms with E-state index in [4.69, 9.17) is 5.73 Å². The van der Waals surface area contributed by atoms with Crippen LogP contribution in [0.3, 0.4) is 0 Å². The number of rotatable bonds is 8. The molecule has 0 aliphatic heterocycles. The van der Waals surface area contributed by atoms with Gasteiger partial charge in [-0.3, -0.25) is 9.59 Å². The number of H-pyrrole nitrogens is 1. The van der Waals surface area contributed by atoms with Crippen molar-refractivity contribution < 1.29 is 4.79 Å². The zero-order valence-corrected chi connectivity index (χ0v) is 17.0. The quantitative estimate of drug-likeness (QED) is 0.482. The number of carbonyl (C=O) groups excluding carboxylic acids is 1. The number of amides is 1. The number of aromatic nitrogens is 2. The summed E-state index contributed by atoms with van der Waals surface area (Å²) >= 11 is 2.88. The fourth-order valence-electron chi connectivity index (χ4n) is 2.51. The Morgan fingerprint density at radius 2 is 2.07 bits per heavy atom. The molecule has 0 fully saturated rings. The zero-order valence-electron chi connectivity index (χ0n) is 14.6. The molecule has 0 unspecified atom stereocenters. The van der Waals surface area contributed by atoms with Gasteiger partial charge in [0, 0.05) is 17.5 Å². The number of hydrogen-bond acceptors (Lipinski definition) is 6. The number of thioether (sulfide) groups is 1. The standard InChI is InChI=1S/C18H20N4O2S2.ClH/c19-7-4-8-20-15(23)11-25-10-14-21-17(24)16-13(9-26-18(16)22-14)12-5-2-1-3-6-12;/h1-3,5-6,9H,4,7-8,10-11,19H2,(H,20,23)(H,21,22,24);1H. The molecular formula is C18H21ClN4O2S2. The second-order valence-electron chi connectivity index (χ2n) is 5.69. The lowest BCUT2D eigenvalue weighted by Gasteiger charge is -2.04. The number of nitrogens with one attached hydrogen (secondary N) is 2. The first-order chi connectivity index (χ1) is 12.7. The summed E-state index contributed by atoms with van der Waals surface area (Å²) in [6.45, 7) is 1.15. The topological polar surface area (TPSA) is 101 Å². The van der Waals surface area contributed by atoms with Gasteiger partial charge in [-0.25, -0.2) is 4.98 Å². The van der Waals surface area contributed by atoms with Crippen LogP contribution in [-0.2, 0) is 10.5 Å². The number of fused-ring (bicyclic) bond motifs is 1. The van der Waals surface area contributed by atoms with Gasteiger partial charge in [0.15, 0.2) is 0 Å². The highest BCUT2D eigenvalue weighted by Gasteiger charge is 2.13. The number of nitrogens with zero attached hydrogens (tertiary/aromatic N) is 1. The molecule has 3 aromatic rings. The van der Waals surface area contributed by atoms with Crippen molar-refractivity contribution in [2.45, 2.75) is 12.2 Å². The molecule has 0 aliphatic carbocycles. The zero-order chi connectivity index (χ0) is 18.4. The van der Waals surface area contributed by atoms with Crippen molar-refractivity contribution in [1.29, 1.82) is 0 Å². The van der Waals surface area contributed by atoms with Gasteiger partial charge in [0.25, 0.3) is 5.56 Å². The number of benzene rings is 1. The Kier molecular flexibility index (Phi) is 8.30. The van der Waals surface area contributed by atoms with Crippen molar-refractivity contribution >= 4 is 51.6 Å². The van der Waals surface area contributed by atoms with E-state index in [0.717, 1.165) is 22.4 Å². The lowest BCUT2D eigenvalue weighted by atomic mass is 10.1. The fraction of sp³-hybridized carbons (Fsp3) is 0.278. The van der Waals surface area contributed by atoms with E-state index in [-0.39, 0.29) is 23.9 Å². The van der Waals surface area contributed by atoms with Crippen LogP contribution in [0.2, 0.25) is 0 Å². The molecule has 27 heavy (non-hydrogen) atoms. The Labute approximate surface area is 171 Å². The van der Waals surface area contributed by atoms with Gasteiger partial charge in [-0.1, -0.05) is 30.3 Å². The molecule has 6 nitrogen and oxygen atoms in total. The number of thiophene rings is 1. The van der Waals surface area contributed by atoms with E-state index in [1.165, 1.54) is 23.1 Å². The Morgan fingerprint density at radius 3 is 2.81 bits per heavy atom. The second-order valence-corrected chi connectivity index (χ2v) is 7.54. The maximum atomic E-state index is 12.5. The molecule has 0 aliphatic rings. The maximum absolute atomic E-state index is 12.5. The van der Waals surface area contributed by atoms with Crippen molar-refractivity contribution in [1.82, 2.24) is 15.3 Å². The van der Waals surface area contributed by atoms with E-state index >= 15 is 0 Å². The van der Waals surface area contributed by atoms with Crippen LogP contribution in [0.4, 0.5) is 0 Å². The minimum Gasteiger partial charge on any atom is -0.355 e. The Bertz CT molecular complexity index is 943. The summed E-state index contributed by atoms with van der Waals surface area (Å²) in [7, 11) is 0. The van der Waals surface area contributed by atoms with Crippen molar-refractivity contribution in [3.05, 3.63) is 51.9 Å². The molecule has 0 saturated heterocycles. The summed E-state index contributed by atoms with van der Waals surface area (Å²) in [6.07, 6.45) is 0.768. The third-order valence-corrected chi connectivity index (χ3v) is 5.57. The van der Waals surface area contributed by atoms with Crippen LogP contribution in [0.25, 0.3) is 21.3 Å². The Morgan fingerprint density at radius 1 is 1.30 bits per heavy atom. The third-order valence-electron chi connectivity index (χ3n) is 3.75. The molecule has 3 rings (SSSR count). The average Bonchev–Trinajstić information content (AvgIpc) is 3.07. The lowest BCUT2D eigenvalue weighted by Crippen LogP contribution is -2.27. The Balaban J connectivity index is 0.00000261. The first kappa shape index (κ1) is 21.4. The van der Waals surface area contributed by atoms with E-state index in [1.54, 1.807) is 0 Å². The van der Waals surface area contributed by atoms with Crippen LogP contribution in [-0.4, -0.2) is 34.7 Å². The summed E-state index contributed by atoms with van der Waals surface area (Å²) in [5, 5.41) is 5.38. The van der Waals surface area contributed by atoms with Crippen molar-refractivity contribution in [2.24, 2.45) is 5.73 Å². The predicted molar refractivity (Wildman–Crippen MR) is 116 cm³/mol. The SMILES string of the molecule is Cl.NCCCNC(=O)CSCc1nc2scc(-c3ccccc3)c2c(=O)[nH]1. The molecule has 144 valence electrons. The number of carbonyl (C=O) groups is 1. The molecule has 2 aromatic heterocycles. The third kappa shape index (κ3) is 5.55. The van der Waals surface area contributed by atoms with Gasteiger partial charge in [0.2, 0.25) is 5.91 Å². The minimum atomic E-state index is -0.141. The van der Waals surface area contributed by atoms with Crippen molar-refractivity contribution in [3.8, 4) is 11.1 Å². The Hall–Kier alpha value is -1.87. The second kappa shape index (κ2) is 10.5. The molecule has 0 radical (unpaired) electrons. The van der Waals surface area contributed by atoms with Crippen LogP contribution >= 0.6 is 35.5 Å². The molecule has 0 saturated carbocycles. The van der Waals surface area contributed by atoms with Crippen LogP contribution in [0.5, 0.6) is 0 Å². The molecule has 1 amide bonds. The molecule has 0 bridgehead atoms. The normalized spacial score (nSPS) is 10.6. The first-order valence-electron chi connectivity index (χ1n) is 8.29. The van der Waals surface area contributed by atoms with Crippen LogP contribution in [0.15, 0.2) is 40.5 Å². The van der Waals surface area contributed by atoms with Crippen molar-refractivity contribution in [2.75, 3.05) is 18.8 Å². The van der Waals surface area contributed by atoms with Gasteiger partial charge in [0.1, 0.15) is 10.7 Å². The molecule has 1 aromatic carbocycles. The van der Waals surface area contributed by atoms with Crippen molar-refractivity contribution in [3.63, 3.8) is 0 Å². The fourth-order valence-corrected chi connectivity index (χ4v) is 4.20. The van der Waals surface area contributed by atoms with Gasteiger partial charge >= 0.3 is 0 Å². The van der Waals surface area contributed by atoms with E-state index in [2.05, 4.69) is 15.3 Å². The summed E-state index contributed by atoms with van der Waals surface area (Å²) in [6, 6.07) is 9.80. The van der Waals surface area contributed by atoms with Gasteiger partial charge in [-0.15, -0.1) is 35.5 Å². The van der Waals surface area contributed by atoms with Crippen LogP contribution in [0, 0.1) is 0 Å². The maximum Gasteiger partial charge on any atom is 0.260 e. The van der Waals surface area contributed by atoms with Gasteiger partial charge < -0.3 is 16.0 Å². The molecule has 2 heterocycles. The highest BCUT2D eigenvalue weighted by Crippen LogP contribution is 2.30. The molecular weight excluding hydrogens is 404 g/mol. The van der Waals surface area contributed by atoms with E-state index in [1.807, 2.05) is 35.7 Å². The predicted octanol–water partition coefficient (Wildman–Crippen LogP) is 2.77. The largest absolute Gasteiger partial charge is 0.355 e. The molecule has 4 N–H and O–H groups in total. The highest BCUT2D eigenvalue weighted by atomic mass is 35.5. The van der Waals surface area contributed by atoms with E-state index in [9.17, 15) is 9.59 Å². The summed E-state index contributed by atoms with van der Waals surface area (Å²) in [5.74, 6) is 1.36. The molecule has 0 atom stereocenters.